The van der Waals surface area contributed by atoms with E-state index in [-0.39, 0.29) is 6.10 Å². The van der Waals surface area contributed by atoms with Crippen LogP contribution in [-0.2, 0) is 4.74 Å². The van der Waals surface area contributed by atoms with Gasteiger partial charge in [0, 0.05) is 31.5 Å². The van der Waals surface area contributed by atoms with Crippen molar-refractivity contribution in [3.63, 3.8) is 0 Å². The molecule has 2 unspecified atom stereocenters. The summed E-state index contributed by atoms with van der Waals surface area (Å²) in [5.41, 5.74) is 2.55. The van der Waals surface area contributed by atoms with E-state index in [1.54, 1.807) is 18.6 Å². The average Bonchev–Trinajstić information content (AvgIpc) is 2.55. The molecule has 0 radical (unpaired) electrons. The number of nitrogens with one attached hydrogen (secondary N) is 1. The first-order chi connectivity index (χ1) is 10.3. The predicted octanol–water partition coefficient (Wildman–Crippen LogP) is 3.36. The van der Waals surface area contributed by atoms with E-state index in [0.29, 0.717) is 5.92 Å². The van der Waals surface area contributed by atoms with Gasteiger partial charge in [-0.2, -0.15) is 0 Å². The number of nitrogens with zero attached hydrogens (tertiary/aromatic N) is 2. The third kappa shape index (κ3) is 3.58. The molecule has 1 aliphatic rings. The lowest BCUT2D eigenvalue weighted by molar-refractivity contribution is -0.0238. The Morgan fingerprint density at radius 3 is 2.86 bits per heavy atom. The molecule has 4 nitrogen and oxygen atoms in total. The Bertz CT molecular complexity index is 556. The molecule has 1 N–H and O–H groups in total. The topological polar surface area (TPSA) is 47.0 Å². The number of aromatic nitrogens is 2. The summed E-state index contributed by atoms with van der Waals surface area (Å²) >= 11 is 0. The largest absolute Gasteiger partial charge is 0.373 e. The van der Waals surface area contributed by atoms with Crippen LogP contribution < -0.4 is 5.32 Å². The van der Waals surface area contributed by atoms with Gasteiger partial charge >= 0.3 is 0 Å². The molecule has 0 amide bonds. The van der Waals surface area contributed by atoms with Crippen LogP contribution in [0.3, 0.4) is 0 Å². The van der Waals surface area contributed by atoms with Crippen molar-refractivity contribution in [1.82, 2.24) is 9.97 Å². The Kier molecular flexibility index (Phi) is 4.46. The fourth-order valence-corrected chi connectivity index (χ4v) is 2.80. The van der Waals surface area contributed by atoms with Gasteiger partial charge in [-0.25, -0.2) is 4.98 Å². The lowest BCUT2D eigenvalue weighted by Gasteiger charge is -2.32. The first-order valence-electron chi connectivity index (χ1n) is 7.51. The lowest BCUT2D eigenvalue weighted by atomic mass is 9.89. The molecule has 0 bridgehead atoms. The fraction of sp³-hybridized carbons (Fsp3) is 0.412. The minimum absolute atomic E-state index is 0.170. The van der Waals surface area contributed by atoms with Crippen LogP contribution in [0.15, 0.2) is 42.9 Å². The van der Waals surface area contributed by atoms with Crippen molar-refractivity contribution in [3.8, 4) is 0 Å². The molecule has 0 saturated carbocycles. The Morgan fingerprint density at radius 2 is 2.10 bits per heavy atom. The molecule has 21 heavy (non-hydrogen) atoms. The zero-order valence-electron chi connectivity index (χ0n) is 12.3. The highest BCUT2D eigenvalue weighted by Crippen LogP contribution is 2.33. The van der Waals surface area contributed by atoms with Gasteiger partial charge < -0.3 is 10.1 Å². The maximum Gasteiger partial charge on any atom is 0.144 e. The van der Waals surface area contributed by atoms with Crippen LogP contribution in [-0.4, -0.2) is 23.1 Å². The minimum Gasteiger partial charge on any atom is -0.373 e. The molecule has 1 fully saturated rings. The highest BCUT2D eigenvalue weighted by atomic mass is 16.5. The summed E-state index contributed by atoms with van der Waals surface area (Å²) < 4.78 is 6.03. The zero-order chi connectivity index (χ0) is 14.5. The molecule has 4 heteroatoms. The van der Waals surface area contributed by atoms with Gasteiger partial charge in [0.25, 0.3) is 0 Å². The van der Waals surface area contributed by atoms with Gasteiger partial charge in [-0.05, 0) is 25.3 Å². The molecule has 1 aromatic carbocycles. The van der Waals surface area contributed by atoms with Crippen molar-refractivity contribution < 1.29 is 4.74 Å². The van der Waals surface area contributed by atoms with E-state index >= 15 is 0 Å². The first-order valence-corrected chi connectivity index (χ1v) is 7.51. The SMILES string of the molecule is Cc1ccc(C2OCCCC2CNc2cnccn2)cc1. The van der Waals surface area contributed by atoms with E-state index in [1.807, 2.05) is 0 Å². The standard InChI is InChI=1S/C17H21N3O/c1-13-4-6-14(7-5-13)17-15(3-2-10-21-17)11-20-16-12-18-8-9-19-16/h4-9,12,15,17H,2-3,10-11H2,1H3,(H,19,20). The van der Waals surface area contributed by atoms with Gasteiger partial charge in [0.05, 0.1) is 12.3 Å². The van der Waals surface area contributed by atoms with Gasteiger partial charge in [-0.1, -0.05) is 29.8 Å². The van der Waals surface area contributed by atoms with Crippen molar-refractivity contribution in [2.45, 2.75) is 25.9 Å². The van der Waals surface area contributed by atoms with Gasteiger partial charge in [0.2, 0.25) is 0 Å². The van der Waals surface area contributed by atoms with Crippen LogP contribution in [0.2, 0.25) is 0 Å². The molecule has 1 aromatic heterocycles. The number of hydrogen-bond acceptors (Lipinski definition) is 4. The van der Waals surface area contributed by atoms with E-state index in [1.165, 1.54) is 17.5 Å². The summed E-state index contributed by atoms with van der Waals surface area (Å²) in [7, 11) is 0. The Balaban J connectivity index is 1.68. The van der Waals surface area contributed by atoms with E-state index in [2.05, 4.69) is 46.5 Å². The van der Waals surface area contributed by atoms with Crippen molar-refractivity contribution in [3.05, 3.63) is 54.0 Å². The van der Waals surface area contributed by atoms with E-state index < -0.39 is 0 Å². The van der Waals surface area contributed by atoms with Crippen molar-refractivity contribution in [2.75, 3.05) is 18.5 Å². The van der Waals surface area contributed by atoms with Crippen molar-refractivity contribution >= 4 is 5.82 Å². The monoisotopic (exact) mass is 283 g/mol. The summed E-state index contributed by atoms with van der Waals surface area (Å²) in [6.45, 7) is 3.82. The van der Waals surface area contributed by atoms with E-state index in [9.17, 15) is 0 Å². The molecular formula is C17H21N3O. The van der Waals surface area contributed by atoms with E-state index in [4.69, 9.17) is 4.74 Å². The first kappa shape index (κ1) is 14.0. The molecule has 2 aromatic rings. The van der Waals surface area contributed by atoms with Crippen LogP contribution >= 0.6 is 0 Å². The van der Waals surface area contributed by atoms with Gasteiger partial charge in [0.1, 0.15) is 5.82 Å². The number of rotatable bonds is 4. The van der Waals surface area contributed by atoms with Gasteiger partial charge in [0.15, 0.2) is 0 Å². The Labute approximate surface area is 125 Å². The highest BCUT2D eigenvalue weighted by molar-refractivity contribution is 5.30. The average molecular weight is 283 g/mol. The second-order valence-corrected chi connectivity index (χ2v) is 5.58. The number of hydrogen-bond donors (Lipinski definition) is 1. The molecule has 0 spiro atoms. The lowest BCUT2D eigenvalue weighted by Crippen LogP contribution is -2.28. The molecule has 1 aliphatic heterocycles. The number of aryl methyl sites for hydroxylation is 1. The summed E-state index contributed by atoms with van der Waals surface area (Å²) in [6, 6.07) is 8.67. The smallest absolute Gasteiger partial charge is 0.144 e. The zero-order valence-corrected chi connectivity index (χ0v) is 12.3. The molecular weight excluding hydrogens is 262 g/mol. The highest BCUT2D eigenvalue weighted by Gasteiger charge is 2.27. The maximum atomic E-state index is 6.03. The molecule has 2 atom stereocenters. The molecule has 0 aliphatic carbocycles. The molecule has 2 heterocycles. The fourth-order valence-electron chi connectivity index (χ4n) is 2.80. The van der Waals surface area contributed by atoms with Gasteiger partial charge in [-0.15, -0.1) is 0 Å². The number of benzene rings is 1. The predicted molar refractivity (Wildman–Crippen MR) is 83.1 cm³/mol. The Hall–Kier alpha value is -1.94. The second kappa shape index (κ2) is 6.68. The van der Waals surface area contributed by atoms with Crippen LogP contribution in [0, 0.1) is 12.8 Å². The summed E-state index contributed by atoms with van der Waals surface area (Å²) in [5, 5.41) is 3.37. The second-order valence-electron chi connectivity index (χ2n) is 5.58. The summed E-state index contributed by atoms with van der Waals surface area (Å²) in [5.74, 6) is 1.29. The van der Waals surface area contributed by atoms with Crippen molar-refractivity contribution in [2.24, 2.45) is 5.92 Å². The van der Waals surface area contributed by atoms with E-state index in [0.717, 1.165) is 25.4 Å². The summed E-state index contributed by atoms with van der Waals surface area (Å²) in [4.78, 5) is 8.34. The van der Waals surface area contributed by atoms with Crippen molar-refractivity contribution in [1.29, 1.82) is 0 Å². The molecule has 110 valence electrons. The third-order valence-electron chi connectivity index (χ3n) is 3.96. The normalized spacial score (nSPS) is 22.0. The maximum absolute atomic E-state index is 6.03. The molecule has 1 saturated heterocycles. The minimum atomic E-state index is 0.170. The van der Waals surface area contributed by atoms with Crippen LogP contribution in [0.4, 0.5) is 5.82 Å². The Morgan fingerprint density at radius 1 is 1.24 bits per heavy atom. The third-order valence-corrected chi connectivity index (χ3v) is 3.96. The number of anilines is 1. The van der Waals surface area contributed by atoms with Crippen LogP contribution in [0.5, 0.6) is 0 Å². The summed E-state index contributed by atoms with van der Waals surface area (Å²) in [6.07, 6.45) is 7.61. The van der Waals surface area contributed by atoms with Crippen LogP contribution in [0.25, 0.3) is 0 Å². The number of ether oxygens (including phenoxy) is 1. The quantitative estimate of drug-likeness (QED) is 0.934. The van der Waals surface area contributed by atoms with Gasteiger partial charge in [-0.3, -0.25) is 4.98 Å². The molecule has 3 rings (SSSR count). The van der Waals surface area contributed by atoms with Crippen LogP contribution in [0.1, 0.15) is 30.1 Å².